The van der Waals surface area contributed by atoms with Crippen LogP contribution in [-0.2, 0) is 4.79 Å². The fourth-order valence-electron chi connectivity index (χ4n) is 3.47. The molecular weight excluding hydrogens is 378 g/mol. The Morgan fingerprint density at radius 1 is 1.17 bits per heavy atom. The highest BCUT2D eigenvalue weighted by Gasteiger charge is 2.14. The van der Waals surface area contributed by atoms with Crippen LogP contribution in [0.5, 0.6) is 5.75 Å². The van der Waals surface area contributed by atoms with E-state index in [9.17, 15) is 9.90 Å². The van der Waals surface area contributed by atoms with Crippen molar-refractivity contribution in [3.05, 3.63) is 54.1 Å². The number of phenolic OH excluding ortho intramolecular Hbond substituents is 1. The Labute approximate surface area is 178 Å². The molecule has 0 aliphatic carbocycles. The van der Waals surface area contributed by atoms with Crippen molar-refractivity contribution in [2.75, 3.05) is 36.4 Å². The van der Waals surface area contributed by atoms with Gasteiger partial charge in [0.2, 0.25) is 5.91 Å². The predicted molar refractivity (Wildman–Crippen MR) is 122 cm³/mol. The molecule has 30 heavy (non-hydrogen) atoms. The second-order valence-corrected chi connectivity index (χ2v) is 7.45. The normalized spacial score (nSPS) is 15.0. The number of carbonyl (C=O) groups excluding carboxylic acids is 1. The summed E-state index contributed by atoms with van der Waals surface area (Å²) in [5.74, 6) is 0.534. The number of nitrogens with one attached hydrogen (secondary N) is 3. The van der Waals surface area contributed by atoms with Gasteiger partial charge in [-0.1, -0.05) is 12.1 Å². The van der Waals surface area contributed by atoms with Crippen LogP contribution in [0.2, 0.25) is 0 Å². The summed E-state index contributed by atoms with van der Waals surface area (Å²) in [5, 5.41) is 18.7. The van der Waals surface area contributed by atoms with Crippen LogP contribution >= 0.6 is 0 Å². The van der Waals surface area contributed by atoms with Crippen LogP contribution in [0, 0.1) is 0 Å². The summed E-state index contributed by atoms with van der Waals surface area (Å²) >= 11 is 0. The van der Waals surface area contributed by atoms with Gasteiger partial charge in [0.1, 0.15) is 12.3 Å². The maximum atomic E-state index is 12.2. The number of hydrogen-bond donors (Lipinski definition) is 4. The number of carbonyl (C=O) groups is 1. The molecule has 0 aromatic heterocycles. The van der Waals surface area contributed by atoms with Gasteiger partial charge < -0.3 is 26.0 Å². The zero-order chi connectivity index (χ0) is 21.3. The Morgan fingerprint density at radius 2 is 1.90 bits per heavy atom. The van der Waals surface area contributed by atoms with Gasteiger partial charge >= 0.3 is 0 Å². The minimum Gasteiger partial charge on any atom is -0.508 e. The molecule has 1 fully saturated rings. The lowest BCUT2D eigenvalue weighted by Gasteiger charge is -2.22. The molecule has 7 heteroatoms. The Morgan fingerprint density at radius 3 is 2.60 bits per heavy atom. The molecule has 0 radical (unpaired) electrons. The van der Waals surface area contributed by atoms with Crippen LogP contribution in [0.25, 0.3) is 0 Å². The Bertz CT molecular complexity index is 860. The summed E-state index contributed by atoms with van der Waals surface area (Å²) in [6.45, 7) is 7.01. The highest BCUT2D eigenvalue weighted by atomic mass is 16.3. The molecule has 1 saturated heterocycles. The van der Waals surface area contributed by atoms with E-state index < -0.39 is 0 Å². The Balaban J connectivity index is 1.60. The van der Waals surface area contributed by atoms with E-state index in [4.69, 9.17) is 0 Å². The molecule has 1 unspecified atom stereocenters. The third-order valence-electron chi connectivity index (χ3n) is 5.07. The first-order valence-electron chi connectivity index (χ1n) is 10.5. The molecule has 0 saturated carbocycles. The number of guanidine groups is 1. The van der Waals surface area contributed by atoms with Crippen molar-refractivity contribution < 1.29 is 9.90 Å². The van der Waals surface area contributed by atoms with Crippen molar-refractivity contribution in [1.82, 2.24) is 10.6 Å². The third-order valence-corrected chi connectivity index (χ3v) is 5.07. The first-order chi connectivity index (χ1) is 14.5. The molecule has 1 heterocycles. The molecule has 0 spiro atoms. The fourth-order valence-corrected chi connectivity index (χ4v) is 3.47. The lowest BCUT2D eigenvalue weighted by Crippen LogP contribution is -2.39. The van der Waals surface area contributed by atoms with Gasteiger partial charge in [0.25, 0.3) is 0 Å². The molecule has 2 aromatic rings. The number of aromatic hydroxyl groups is 1. The van der Waals surface area contributed by atoms with Crippen LogP contribution in [-0.4, -0.2) is 43.2 Å². The molecule has 3 rings (SSSR count). The lowest BCUT2D eigenvalue weighted by molar-refractivity contribution is -0.114. The predicted octanol–water partition coefficient (Wildman–Crippen LogP) is 3.25. The van der Waals surface area contributed by atoms with Crippen LogP contribution in [0.15, 0.2) is 53.5 Å². The van der Waals surface area contributed by atoms with E-state index in [0.29, 0.717) is 18.2 Å². The first-order valence-corrected chi connectivity index (χ1v) is 10.5. The second kappa shape index (κ2) is 10.5. The van der Waals surface area contributed by atoms with Gasteiger partial charge in [0.15, 0.2) is 5.96 Å². The highest BCUT2D eigenvalue weighted by Crippen LogP contribution is 2.24. The van der Waals surface area contributed by atoms with Gasteiger partial charge in [0, 0.05) is 31.0 Å². The van der Waals surface area contributed by atoms with Gasteiger partial charge in [-0.05, 0) is 68.7 Å². The maximum absolute atomic E-state index is 12.2. The molecule has 1 atom stereocenters. The Kier molecular flexibility index (Phi) is 7.54. The average Bonchev–Trinajstić information content (AvgIpc) is 3.29. The van der Waals surface area contributed by atoms with E-state index in [1.807, 2.05) is 6.92 Å². The lowest BCUT2D eigenvalue weighted by atomic mass is 10.1. The minimum atomic E-state index is -0.221. The minimum absolute atomic E-state index is 0.00323. The van der Waals surface area contributed by atoms with Crippen molar-refractivity contribution in [3.63, 3.8) is 0 Å². The van der Waals surface area contributed by atoms with Crippen LogP contribution < -0.4 is 20.9 Å². The number of rotatable bonds is 7. The summed E-state index contributed by atoms with van der Waals surface area (Å²) in [4.78, 5) is 19.0. The Hall–Kier alpha value is -3.22. The van der Waals surface area contributed by atoms with Crippen molar-refractivity contribution in [3.8, 4) is 5.75 Å². The van der Waals surface area contributed by atoms with E-state index in [-0.39, 0.29) is 24.2 Å². The molecule has 1 amide bonds. The molecular formula is C23H31N5O2. The second-order valence-electron chi connectivity index (χ2n) is 7.45. The van der Waals surface area contributed by atoms with Crippen molar-refractivity contribution in [1.29, 1.82) is 0 Å². The van der Waals surface area contributed by atoms with Crippen LogP contribution in [0.4, 0.5) is 11.4 Å². The topological polar surface area (TPSA) is 89.0 Å². The van der Waals surface area contributed by atoms with Gasteiger partial charge in [-0.15, -0.1) is 0 Å². The zero-order valence-electron chi connectivity index (χ0n) is 17.7. The molecule has 0 bridgehead atoms. The standard InChI is InChI=1S/C23H31N5O2/c1-3-24-23(25-16-22(30)27-19-9-11-21(29)12-10-19)26-17(2)18-7-6-8-20(15-18)28-13-4-5-14-28/h6-12,15,17,29H,3-5,13-14,16H2,1-2H3,(H,27,30)(H2,24,25,26). The first kappa shape index (κ1) is 21.5. The average molecular weight is 410 g/mol. The van der Waals surface area contributed by atoms with Gasteiger partial charge in [0.05, 0.1) is 6.04 Å². The quantitative estimate of drug-likeness (QED) is 0.320. The van der Waals surface area contributed by atoms with E-state index >= 15 is 0 Å². The monoisotopic (exact) mass is 409 g/mol. The number of hydrogen-bond acceptors (Lipinski definition) is 4. The van der Waals surface area contributed by atoms with Gasteiger partial charge in [-0.3, -0.25) is 4.79 Å². The number of benzene rings is 2. The number of anilines is 2. The summed E-state index contributed by atoms with van der Waals surface area (Å²) in [7, 11) is 0. The fraction of sp³-hybridized carbons (Fsp3) is 0.391. The van der Waals surface area contributed by atoms with E-state index in [1.54, 1.807) is 12.1 Å². The smallest absolute Gasteiger partial charge is 0.246 e. The van der Waals surface area contributed by atoms with Gasteiger partial charge in [-0.2, -0.15) is 0 Å². The molecule has 2 aromatic carbocycles. The molecule has 7 nitrogen and oxygen atoms in total. The summed E-state index contributed by atoms with van der Waals surface area (Å²) in [5.41, 5.74) is 3.06. The highest BCUT2D eigenvalue weighted by molar-refractivity contribution is 5.94. The molecule has 160 valence electrons. The number of nitrogens with zero attached hydrogens (tertiary/aromatic N) is 2. The number of phenols is 1. The number of amides is 1. The molecule has 1 aliphatic rings. The van der Waals surface area contributed by atoms with Gasteiger partial charge in [-0.25, -0.2) is 4.99 Å². The number of aliphatic imine (C=N–C) groups is 1. The zero-order valence-corrected chi connectivity index (χ0v) is 17.7. The molecule has 1 aliphatic heterocycles. The SMILES string of the molecule is CCNC(=NCC(=O)Nc1ccc(O)cc1)NC(C)c1cccc(N2CCCC2)c1. The largest absolute Gasteiger partial charge is 0.508 e. The molecule has 4 N–H and O–H groups in total. The van der Waals surface area contributed by atoms with Crippen LogP contribution in [0.1, 0.15) is 38.3 Å². The van der Waals surface area contributed by atoms with Crippen molar-refractivity contribution in [2.45, 2.75) is 32.7 Å². The summed E-state index contributed by atoms with van der Waals surface area (Å²) < 4.78 is 0. The van der Waals surface area contributed by atoms with E-state index in [0.717, 1.165) is 13.1 Å². The van der Waals surface area contributed by atoms with Crippen LogP contribution in [0.3, 0.4) is 0 Å². The summed E-state index contributed by atoms with van der Waals surface area (Å²) in [6, 6.07) is 15.0. The van der Waals surface area contributed by atoms with E-state index in [1.165, 1.54) is 36.2 Å². The third kappa shape index (κ3) is 6.14. The van der Waals surface area contributed by atoms with E-state index in [2.05, 4.69) is 57.0 Å². The maximum Gasteiger partial charge on any atom is 0.246 e. The van der Waals surface area contributed by atoms with Crippen molar-refractivity contribution >= 4 is 23.2 Å². The van der Waals surface area contributed by atoms with Crippen molar-refractivity contribution in [2.24, 2.45) is 4.99 Å². The summed E-state index contributed by atoms with van der Waals surface area (Å²) in [6.07, 6.45) is 2.50.